The summed E-state index contributed by atoms with van der Waals surface area (Å²) in [5, 5.41) is 17.3. The molecular formula is C12H11F3N2O2. The highest BCUT2D eigenvalue weighted by Gasteiger charge is 2.34. The molecule has 0 saturated heterocycles. The zero-order chi connectivity index (χ0) is 14.6. The number of halogens is 3. The predicted octanol–water partition coefficient (Wildman–Crippen LogP) is 2.49. The van der Waals surface area contributed by atoms with E-state index in [0.29, 0.717) is 0 Å². The molecule has 1 aromatic carbocycles. The molecule has 4 nitrogen and oxygen atoms in total. The van der Waals surface area contributed by atoms with Crippen molar-refractivity contribution in [2.75, 3.05) is 18.0 Å². The van der Waals surface area contributed by atoms with Crippen molar-refractivity contribution in [3.63, 3.8) is 0 Å². The SMILES string of the molecule is CCN(CC(=O)O)c1ccc(C#N)c(C(F)(F)F)c1. The van der Waals surface area contributed by atoms with E-state index in [0.717, 1.165) is 12.1 Å². The van der Waals surface area contributed by atoms with Crippen LogP contribution < -0.4 is 4.90 Å². The summed E-state index contributed by atoms with van der Waals surface area (Å²) in [4.78, 5) is 11.9. The number of nitriles is 1. The van der Waals surface area contributed by atoms with E-state index in [2.05, 4.69) is 0 Å². The Kier molecular flexibility index (Phi) is 4.38. The number of carboxylic acid groups (broad SMARTS) is 1. The molecule has 19 heavy (non-hydrogen) atoms. The maximum atomic E-state index is 12.8. The third kappa shape index (κ3) is 3.61. The van der Waals surface area contributed by atoms with Crippen molar-refractivity contribution >= 4 is 11.7 Å². The number of rotatable bonds is 4. The van der Waals surface area contributed by atoms with Crippen molar-refractivity contribution in [3.8, 4) is 6.07 Å². The fourth-order valence-electron chi connectivity index (χ4n) is 1.61. The molecule has 7 heteroatoms. The Bertz CT molecular complexity index is 521. The number of nitrogens with zero attached hydrogens (tertiary/aromatic N) is 2. The van der Waals surface area contributed by atoms with Gasteiger partial charge in [-0.25, -0.2) is 0 Å². The van der Waals surface area contributed by atoms with E-state index < -0.39 is 29.8 Å². The lowest BCUT2D eigenvalue weighted by atomic mass is 10.1. The molecule has 0 spiro atoms. The first-order chi connectivity index (χ1) is 8.79. The Morgan fingerprint density at radius 2 is 2.11 bits per heavy atom. The zero-order valence-electron chi connectivity index (χ0n) is 10.0. The summed E-state index contributed by atoms with van der Waals surface area (Å²) in [7, 11) is 0. The molecule has 0 aromatic heterocycles. The van der Waals surface area contributed by atoms with Crippen LogP contribution in [0.5, 0.6) is 0 Å². The Hall–Kier alpha value is -2.23. The summed E-state index contributed by atoms with van der Waals surface area (Å²) in [5.74, 6) is -1.14. The number of alkyl halides is 3. The number of hydrogen-bond acceptors (Lipinski definition) is 3. The first-order valence-corrected chi connectivity index (χ1v) is 5.37. The molecule has 0 saturated carbocycles. The van der Waals surface area contributed by atoms with Crippen LogP contribution in [0.25, 0.3) is 0 Å². The van der Waals surface area contributed by atoms with Gasteiger partial charge in [-0.2, -0.15) is 18.4 Å². The minimum Gasteiger partial charge on any atom is -0.480 e. The zero-order valence-corrected chi connectivity index (χ0v) is 10.0. The van der Waals surface area contributed by atoms with Crippen LogP contribution in [-0.4, -0.2) is 24.2 Å². The van der Waals surface area contributed by atoms with Gasteiger partial charge in [-0.1, -0.05) is 0 Å². The Morgan fingerprint density at radius 1 is 1.47 bits per heavy atom. The Morgan fingerprint density at radius 3 is 2.53 bits per heavy atom. The van der Waals surface area contributed by atoms with Gasteiger partial charge in [-0.15, -0.1) is 0 Å². The molecule has 0 bridgehead atoms. The number of hydrogen-bond donors (Lipinski definition) is 1. The van der Waals surface area contributed by atoms with E-state index in [1.165, 1.54) is 17.0 Å². The van der Waals surface area contributed by atoms with E-state index in [4.69, 9.17) is 10.4 Å². The van der Waals surface area contributed by atoms with Crippen molar-refractivity contribution in [3.05, 3.63) is 29.3 Å². The lowest BCUT2D eigenvalue weighted by molar-refractivity contribution is -0.137. The van der Waals surface area contributed by atoms with Crippen LogP contribution in [0.4, 0.5) is 18.9 Å². The second-order valence-corrected chi connectivity index (χ2v) is 3.75. The van der Waals surface area contributed by atoms with Crippen molar-refractivity contribution in [2.24, 2.45) is 0 Å². The second-order valence-electron chi connectivity index (χ2n) is 3.75. The van der Waals surface area contributed by atoms with E-state index in [-0.39, 0.29) is 12.2 Å². The van der Waals surface area contributed by atoms with Gasteiger partial charge in [0.05, 0.1) is 17.2 Å². The third-order valence-corrected chi connectivity index (χ3v) is 2.50. The van der Waals surface area contributed by atoms with E-state index in [9.17, 15) is 18.0 Å². The van der Waals surface area contributed by atoms with Crippen LogP contribution in [-0.2, 0) is 11.0 Å². The van der Waals surface area contributed by atoms with Crippen LogP contribution >= 0.6 is 0 Å². The van der Waals surface area contributed by atoms with E-state index >= 15 is 0 Å². The fraction of sp³-hybridized carbons (Fsp3) is 0.333. The lowest BCUT2D eigenvalue weighted by Crippen LogP contribution is -2.29. The van der Waals surface area contributed by atoms with Gasteiger partial charge >= 0.3 is 12.1 Å². The molecule has 0 fully saturated rings. The molecule has 0 unspecified atom stereocenters. The highest BCUT2D eigenvalue weighted by molar-refractivity contribution is 5.74. The van der Waals surface area contributed by atoms with Gasteiger partial charge in [0.15, 0.2) is 0 Å². The van der Waals surface area contributed by atoms with Crippen LogP contribution in [0.1, 0.15) is 18.1 Å². The average Bonchev–Trinajstić information content (AvgIpc) is 2.34. The maximum Gasteiger partial charge on any atom is 0.417 e. The second kappa shape index (κ2) is 5.61. The lowest BCUT2D eigenvalue weighted by Gasteiger charge is -2.22. The number of aliphatic carboxylic acids is 1. The smallest absolute Gasteiger partial charge is 0.417 e. The molecule has 0 amide bonds. The fourth-order valence-corrected chi connectivity index (χ4v) is 1.61. The van der Waals surface area contributed by atoms with Crippen molar-refractivity contribution in [1.82, 2.24) is 0 Å². The van der Waals surface area contributed by atoms with Crippen LogP contribution in [0.3, 0.4) is 0 Å². The summed E-state index contributed by atoms with van der Waals surface area (Å²) < 4.78 is 38.3. The number of carboxylic acids is 1. The van der Waals surface area contributed by atoms with Gasteiger partial charge in [0, 0.05) is 12.2 Å². The molecule has 0 heterocycles. The minimum absolute atomic E-state index is 0.122. The van der Waals surface area contributed by atoms with E-state index in [1.807, 2.05) is 0 Å². The first kappa shape index (κ1) is 14.8. The molecule has 0 aliphatic carbocycles. The standard InChI is InChI=1S/C12H11F3N2O2/c1-2-17(7-11(18)19)9-4-3-8(6-16)10(5-9)12(13,14)15/h3-5H,2,7H2,1H3,(H,18,19). The summed E-state index contributed by atoms with van der Waals surface area (Å²) in [5.41, 5.74) is -1.42. The number of carbonyl (C=O) groups is 1. The molecule has 1 aromatic rings. The van der Waals surface area contributed by atoms with Crippen LogP contribution in [0.15, 0.2) is 18.2 Å². The molecule has 1 rings (SSSR count). The normalized spacial score (nSPS) is 10.9. The number of benzene rings is 1. The predicted molar refractivity (Wildman–Crippen MR) is 61.7 cm³/mol. The van der Waals surface area contributed by atoms with Crippen molar-refractivity contribution in [2.45, 2.75) is 13.1 Å². The summed E-state index contributed by atoms with van der Waals surface area (Å²) in [6.45, 7) is 1.48. The third-order valence-electron chi connectivity index (χ3n) is 2.50. The molecule has 102 valence electrons. The summed E-state index contributed by atoms with van der Waals surface area (Å²) >= 11 is 0. The van der Waals surface area contributed by atoms with Gasteiger partial charge in [0.2, 0.25) is 0 Å². The molecular weight excluding hydrogens is 261 g/mol. The van der Waals surface area contributed by atoms with Gasteiger partial charge in [-0.3, -0.25) is 4.79 Å². The molecule has 0 aliphatic rings. The average molecular weight is 272 g/mol. The number of likely N-dealkylation sites (N-methyl/N-ethyl adjacent to an activating group) is 1. The molecule has 1 N–H and O–H groups in total. The number of anilines is 1. The van der Waals surface area contributed by atoms with Gasteiger partial charge in [0.25, 0.3) is 0 Å². The molecule has 0 aliphatic heterocycles. The highest BCUT2D eigenvalue weighted by atomic mass is 19.4. The summed E-state index contributed by atoms with van der Waals surface area (Å²) in [6, 6.07) is 4.62. The van der Waals surface area contributed by atoms with Gasteiger partial charge < -0.3 is 10.0 Å². The van der Waals surface area contributed by atoms with Gasteiger partial charge in [-0.05, 0) is 25.1 Å². The topological polar surface area (TPSA) is 64.3 Å². The quantitative estimate of drug-likeness (QED) is 0.914. The van der Waals surface area contributed by atoms with E-state index in [1.54, 1.807) is 6.92 Å². The van der Waals surface area contributed by atoms with Crippen LogP contribution in [0, 0.1) is 11.3 Å². The molecule has 0 radical (unpaired) electrons. The van der Waals surface area contributed by atoms with Gasteiger partial charge in [0.1, 0.15) is 6.54 Å². The summed E-state index contributed by atoms with van der Waals surface area (Å²) in [6.07, 6.45) is -4.65. The highest BCUT2D eigenvalue weighted by Crippen LogP contribution is 2.34. The Labute approximate surface area is 107 Å². The largest absolute Gasteiger partial charge is 0.480 e. The monoisotopic (exact) mass is 272 g/mol. The van der Waals surface area contributed by atoms with Crippen LogP contribution in [0.2, 0.25) is 0 Å². The Balaban J connectivity index is 3.25. The maximum absolute atomic E-state index is 12.8. The van der Waals surface area contributed by atoms with Crippen molar-refractivity contribution < 1.29 is 23.1 Å². The molecule has 0 atom stereocenters. The minimum atomic E-state index is -4.65. The first-order valence-electron chi connectivity index (χ1n) is 5.37. The van der Waals surface area contributed by atoms with Crippen molar-refractivity contribution in [1.29, 1.82) is 5.26 Å².